The molecule has 1 rings (SSSR count). The summed E-state index contributed by atoms with van der Waals surface area (Å²) in [5.41, 5.74) is 5.53. The highest BCUT2D eigenvalue weighted by molar-refractivity contribution is 7.80. The minimum atomic E-state index is -0.553. The molecule has 0 bridgehead atoms. The number of hydrogen-bond donors (Lipinski definition) is 3. The fraction of sp³-hybridized carbons (Fsp3) is 0.429. The minimum absolute atomic E-state index is 0.0398. The molecule has 3 N–H and O–H groups in total. The van der Waals surface area contributed by atoms with E-state index in [1.54, 1.807) is 26.1 Å². The van der Waals surface area contributed by atoms with Gasteiger partial charge in [0, 0.05) is 45.1 Å². The molecule has 0 unspecified atom stereocenters. The number of non-ortho nitro benzene ring substituents is 1. The highest BCUT2D eigenvalue weighted by Crippen LogP contribution is 2.23. The third kappa shape index (κ3) is 5.63. The molecule has 1 aromatic carbocycles. The summed E-state index contributed by atoms with van der Waals surface area (Å²) in [6.07, 6.45) is 0. The summed E-state index contributed by atoms with van der Waals surface area (Å²) < 4.78 is 4.97. The van der Waals surface area contributed by atoms with Crippen molar-refractivity contribution in [3.63, 3.8) is 0 Å². The lowest BCUT2D eigenvalue weighted by Crippen LogP contribution is -2.50. The van der Waals surface area contributed by atoms with Crippen LogP contribution in [0.1, 0.15) is 17.3 Å². The molecule has 0 aliphatic carbocycles. The van der Waals surface area contributed by atoms with Crippen LogP contribution >= 0.6 is 12.2 Å². The smallest absolute Gasteiger partial charge is 0.272 e. The molecule has 0 aliphatic rings. The molecular weight excluding hydrogens is 334 g/mol. The Balaban J connectivity index is 2.81. The van der Waals surface area contributed by atoms with Crippen LogP contribution in [0, 0.1) is 10.1 Å². The minimum Gasteiger partial charge on any atom is -0.383 e. The topological polar surface area (TPSA) is 109 Å². The molecule has 1 aromatic rings. The van der Waals surface area contributed by atoms with Crippen molar-refractivity contribution in [3.8, 4) is 0 Å². The van der Waals surface area contributed by atoms with Gasteiger partial charge in [0.25, 0.3) is 11.6 Å². The normalized spacial score (nSPS) is 11.3. The number of hydrogen-bond acceptors (Lipinski definition) is 6. The van der Waals surface area contributed by atoms with E-state index in [-0.39, 0.29) is 22.4 Å². The van der Waals surface area contributed by atoms with Crippen molar-refractivity contribution in [2.24, 2.45) is 0 Å². The number of nitro benzene ring substituents is 1. The van der Waals surface area contributed by atoms with Crippen LogP contribution in [-0.2, 0) is 4.74 Å². The van der Waals surface area contributed by atoms with Crippen LogP contribution in [0.5, 0.6) is 0 Å². The number of thiocarbonyl (C=S) groups is 1. The molecule has 0 radical (unpaired) electrons. The average molecular weight is 355 g/mol. The SMILES string of the molecule is COC[C@@H](C)NC(=S)NNC(=O)c1cc([N+](=O)[O-])ccc1N(C)C. The first kappa shape index (κ1) is 19.6. The van der Waals surface area contributed by atoms with Gasteiger partial charge in [0.15, 0.2) is 5.11 Å². The van der Waals surface area contributed by atoms with E-state index in [4.69, 9.17) is 17.0 Å². The Morgan fingerprint density at radius 1 is 1.42 bits per heavy atom. The van der Waals surface area contributed by atoms with E-state index >= 15 is 0 Å². The van der Waals surface area contributed by atoms with Crippen molar-refractivity contribution < 1.29 is 14.5 Å². The number of amides is 1. The number of carbonyl (C=O) groups is 1. The van der Waals surface area contributed by atoms with E-state index in [2.05, 4.69) is 16.2 Å². The van der Waals surface area contributed by atoms with Crippen LogP contribution in [0.15, 0.2) is 18.2 Å². The third-order valence-electron chi connectivity index (χ3n) is 3.00. The molecule has 0 heterocycles. The van der Waals surface area contributed by atoms with Crippen LogP contribution < -0.4 is 21.1 Å². The largest absolute Gasteiger partial charge is 0.383 e. The predicted octanol–water partition coefficient (Wildman–Crippen LogP) is 0.805. The van der Waals surface area contributed by atoms with Gasteiger partial charge >= 0.3 is 0 Å². The van der Waals surface area contributed by atoms with Gasteiger partial charge in [-0.2, -0.15) is 0 Å². The van der Waals surface area contributed by atoms with Gasteiger partial charge in [-0.05, 0) is 25.2 Å². The van der Waals surface area contributed by atoms with Gasteiger partial charge in [-0.3, -0.25) is 25.8 Å². The number of anilines is 1. The Bertz CT molecular complexity index is 623. The third-order valence-corrected chi connectivity index (χ3v) is 3.22. The maximum absolute atomic E-state index is 12.3. The predicted molar refractivity (Wildman–Crippen MR) is 95.1 cm³/mol. The molecule has 1 amide bonds. The van der Waals surface area contributed by atoms with Gasteiger partial charge in [-0.1, -0.05) is 0 Å². The number of nitro groups is 1. The lowest BCUT2D eigenvalue weighted by Gasteiger charge is -2.19. The van der Waals surface area contributed by atoms with E-state index in [9.17, 15) is 14.9 Å². The molecule has 10 heteroatoms. The van der Waals surface area contributed by atoms with Gasteiger partial charge in [0.05, 0.1) is 17.1 Å². The Morgan fingerprint density at radius 3 is 2.62 bits per heavy atom. The summed E-state index contributed by atoms with van der Waals surface area (Å²) in [7, 11) is 5.05. The van der Waals surface area contributed by atoms with E-state index < -0.39 is 10.8 Å². The zero-order chi connectivity index (χ0) is 18.3. The van der Waals surface area contributed by atoms with Gasteiger partial charge in [0.1, 0.15) is 0 Å². The Hall–Kier alpha value is -2.46. The summed E-state index contributed by atoms with van der Waals surface area (Å²) in [5, 5.41) is 14.0. The standard InChI is InChI=1S/C14H21N5O4S/c1-9(8-23-4)15-14(24)17-16-13(20)11-7-10(19(21)22)5-6-12(11)18(2)3/h5-7,9H,8H2,1-4H3,(H,16,20)(H2,15,17,24)/t9-/m1/s1. The van der Waals surface area contributed by atoms with E-state index in [0.29, 0.717) is 12.3 Å². The van der Waals surface area contributed by atoms with Crippen LogP contribution in [0.4, 0.5) is 11.4 Å². The van der Waals surface area contributed by atoms with Gasteiger partial charge in [-0.25, -0.2) is 0 Å². The maximum atomic E-state index is 12.3. The van der Waals surface area contributed by atoms with Gasteiger partial charge in [0.2, 0.25) is 0 Å². The van der Waals surface area contributed by atoms with Crippen molar-refractivity contribution in [1.82, 2.24) is 16.2 Å². The van der Waals surface area contributed by atoms with Crippen molar-refractivity contribution in [3.05, 3.63) is 33.9 Å². The highest BCUT2D eigenvalue weighted by atomic mass is 32.1. The molecule has 0 saturated carbocycles. The number of nitrogens with one attached hydrogen (secondary N) is 3. The molecule has 0 spiro atoms. The second-order valence-corrected chi connectivity index (χ2v) is 5.67. The summed E-state index contributed by atoms with van der Waals surface area (Å²) in [4.78, 5) is 24.4. The first-order chi connectivity index (χ1) is 11.3. The maximum Gasteiger partial charge on any atom is 0.272 e. The lowest BCUT2D eigenvalue weighted by molar-refractivity contribution is -0.384. The summed E-state index contributed by atoms with van der Waals surface area (Å²) >= 11 is 5.05. The Labute approximate surface area is 145 Å². The van der Waals surface area contributed by atoms with Crippen LogP contribution in [0.3, 0.4) is 0 Å². The lowest BCUT2D eigenvalue weighted by atomic mass is 10.1. The van der Waals surface area contributed by atoms with E-state index in [1.807, 2.05) is 6.92 Å². The highest BCUT2D eigenvalue weighted by Gasteiger charge is 2.18. The number of methoxy groups -OCH3 is 1. The van der Waals surface area contributed by atoms with Crippen molar-refractivity contribution in [2.75, 3.05) is 32.7 Å². The van der Waals surface area contributed by atoms with E-state index in [0.717, 1.165) is 0 Å². The summed E-state index contributed by atoms with van der Waals surface area (Å²) in [6.45, 7) is 2.31. The number of benzene rings is 1. The second kappa shape index (κ2) is 8.99. The fourth-order valence-corrected chi connectivity index (χ4v) is 2.19. The first-order valence-electron chi connectivity index (χ1n) is 7.07. The van der Waals surface area contributed by atoms with Crippen LogP contribution in [0.2, 0.25) is 0 Å². The number of hydrazine groups is 1. The molecule has 1 atom stereocenters. The van der Waals surface area contributed by atoms with E-state index in [1.165, 1.54) is 18.2 Å². The number of carbonyl (C=O) groups excluding carboxylic acids is 1. The number of nitrogens with zero attached hydrogens (tertiary/aromatic N) is 2. The van der Waals surface area contributed by atoms with Crippen LogP contribution in [0.25, 0.3) is 0 Å². The van der Waals surface area contributed by atoms with Gasteiger partial charge < -0.3 is 15.0 Å². The quantitative estimate of drug-likeness (QED) is 0.391. The number of rotatable bonds is 6. The summed E-state index contributed by atoms with van der Waals surface area (Å²) in [6, 6.07) is 4.04. The molecule has 24 heavy (non-hydrogen) atoms. The Kier molecular flexibility index (Phi) is 7.33. The van der Waals surface area contributed by atoms with Crippen molar-refractivity contribution in [2.45, 2.75) is 13.0 Å². The van der Waals surface area contributed by atoms with Gasteiger partial charge in [-0.15, -0.1) is 0 Å². The molecule has 0 saturated heterocycles. The van der Waals surface area contributed by atoms with Crippen LogP contribution in [-0.4, -0.2) is 49.8 Å². The zero-order valence-corrected chi connectivity index (χ0v) is 14.8. The monoisotopic (exact) mass is 355 g/mol. The first-order valence-corrected chi connectivity index (χ1v) is 7.48. The molecule has 0 fully saturated rings. The zero-order valence-electron chi connectivity index (χ0n) is 14.0. The molecular formula is C14H21N5O4S. The molecule has 0 aliphatic heterocycles. The molecule has 9 nitrogen and oxygen atoms in total. The van der Waals surface area contributed by atoms with Crippen molar-refractivity contribution in [1.29, 1.82) is 0 Å². The number of ether oxygens (including phenoxy) is 1. The molecule has 0 aromatic heterocycles. The fourth-order valence-electron chi connectivity index (χ4n) is 1.94. The Morgan fingerprint density at radius 2 is 2.08 bits per heavy atom. The summed E-state index contributed by atoms with van der Waals surface area (Å²) in [5.74, 6) is -0.536. The molecule has 132 valence electrons. The average Bonchev–Trinajstić information content (AvgIpc) is 2.51. The van der Waals surface area contributed by atoms with Crippen molar-refractivity contribution >= 4 is 34.6 Å². The second-order valence-electron chi connectivity index (χ2n) is 5.26.